The number of fused-ring (bicyclic) bond motifs is 1. The minimum Gasteiger partial charge on any atom is -0.383 e. The van der Waals surface area contributed by atoms with E-state index in [1.807, 2.05) is 0 Å². The lowest BCUT2D eigenvalue weighted by Gasteiger charge is -1.99. The van der Waals surface area contributed by atoms with Gasteiger partial charge in [-0.2, -0.15) is 0 Å². The average Bonchev–Trinajstić information content (AvgIpc) is 2.34. The average molecular weight is 169 g/mol. The number of anilines is 1. The van der Waals surface area contributed by atoms with Crippen LogP contribution in [-0.2, 0) is 0 Å². The summed E-state index contributed by atoms with van der Waals surface area (Å²) in [6.07, 6.45) is 1.37. The fourth-order valence-corrected chi connectivity index (χ4v) is 0.959. The summed E-state index contributed by atoms with van der Waals surface area (Å²) in [6.45, 7) is 0. The first-order valence-corrected chi connectivity index (χ1v) is 3.21. The number of hydrogen-bond donors (Lipinski definition) is 1. The molecular formula is C5H3ClN5-. The Bertz CT molecular complexity index is 395. The van der Waals surface area contributed by atoms with Crippen LogP contribution in [0.1, 0.15) is 0 Å². The van der Waals surface area contributed by atoms with Gasteiger partial charge in [-0.15, -0.1) is 0 Å². The summed E-state index contributed by atoms with van der Waals surface area (Å²) >= 11 is 5.51. The lowest BCUT2D eigenvalue weighted by molar-refractivity contribution is 1.20. The third kappa shape index (κ3) is 0.894. The summed E-state index contributed by atoms with van der Waals surface area (Å²) in [5.41, 5.74) is 6.39. The van der Waals surface area contributed by atoms with Crippen molar-refractivity contribution in [3.63, 3.8) is 0 Å². The number of rotatable bonds is 0. The van der Waals surface area contributed by atoms with Crippen molar-refractivity contribution in [1.82, 2.24) is 19.9 Å². The molecule has 2 aromatic heterocycles. The second-order valence-electron chi connectivity index (χ2n) is 1.92. The number of nitrogen functional groups attached to an aromatic ring is 1. The standard InChI is InChI=1S/C5H3ClN5/c6-5-10-3(7)2-4(11-5)9-1-8-2/h1H,(H2-,7,8,9,10,11)/q-1. The number of halogens is 1. The lowest BCUT2D eigenvalue weighted by atomic mass is 10.5. The Labute approximate surface area is 66.6 Å². The van der Waals surface area contributed by atoms with Crippen molar-refractivity contribution >= 4 is 28.6 Å². The Morgan fingerprint density at radius 3 is 3.09 bits per heavy atom. The van der Waals surface area contributed by atoms with Gasteiger partial charge in [-0.05, 0) is 6.33 Å². The van der Waals surface area contributed by atoms with E-state index in [-0.39, 0.29) is 11.1 Å². The third-order valence-electron chi connectivity index (χ3n) is 1.23. The fraction of sp³-hybridized carbons (Fsp3) is 0. The van der Waals surface area contributed by atoms with E-state index in [1.54, 1.807) is 0 Å². The van der Waals surface area contributed by atoms with Crippen LogP contribution in [0, 0.1) is 0 Å². The van der Waals surface area contributed by atoms with Crippen LogP contribution in [0.3, 0.4) is 0 Å². The molecule has 0 radical (unpaired) electrons. The van der Waals surface area contributed by atoms with Gasteiger partial charge in [0.2, 0.25) is 0 Å². The molecule has 2 aromatic rings. The van der Waals surface area contributed by atoms with Gasteiger partial charge in [0.1, 0.15) is 5.82 Å². The number of nitrogens with zero attached hydrogens (tertiary/aromatic N) is 4. The summed E-state index contributed by atoms with van der Waals surface area (Å²) in [4.78, 5) is 15.2. The normalized spacial score (nSPS) is 10.6. The van der Waals surface area contributed by atoms with E-state index in [2.05, 4.69) is 19.9 Å². The third-order valence-corrected chi connectivity index (χ3v) is 1.40. The van der Waals surface area contributed by atoms with Crippen molar-refractivity contribution in [1.29, 1.82) is 0 Å². The predicted molar refractivity (Wildman–Crippen MR) is 40.1 cm³/mol. The maximum atomic E-state index is 5.51. The van der Waals surface area contributed by atoms with E-state index in [4.69, 9.17) is 17.3 Å². The minimum atomic E-state index is 0.0931. The first-order chi connectivity index (χ1) is 5.27. The molecule has 2 rings (SSSR count). The first kappa shape index (κ1) is 6.36. The SMILES string of the molecule is Nc1nc(Cl)nc2[n-]cnc12. The van der Waals surface area contributed by atoms with Crippen LogP contribution in [0.5, 0.6) is 0 Å². The summed E-state index contributed by atoms with van der Waals surface area (Å²) in [6, 6.07) is 0. The number of aromatic nitrogens is 4. The van der Waals surface area contributed by atoms with Crippen molar-refractivity contribution in [3.05, 3.63) is 11.6 Å². The Hall–Kier alpha value is -1.36. The van der Waals surface area contributed by atoms with Gasteiger partial charge >= 0.3 is 0 Å². The molecule has 0 aliphatic heterocycles. The molecule has 5 nitrogen and oxygen atoms in total. The van der Waals surface area contributed by atoms with E-state index in [0.29, 0.717) is 11.2 Å². The van der Waals surface area contributed by atoms with Gasteiger partial charge in [0.25, 0.3) is 0 Å². The van der Waals surface area contributed by atoms with Gasteiger partial charge in [0.05, 0.1) is 0 Å². The molecule has 11 heavy (non-hydrogen) atoms. The van der Waals surface area contributed by atoms with Crippen LogP contribution < -0.4 is 10.7 Å². The van der Waals surface area contributed by atoms with Crippen LogP contribution in [0.15, 0.2) is 6.33 Å². The van der Waals surface area contributed by atoms with Crippen molar-refractivity contribution in [2.24, 2.45) is 0 Å². The molecule has 6 heteroatoms. The zero-order chi connectivity index (χ0) is 7.84. The molecule has 0 bridgehead atoms. The monoisotopic (exact) mass is 168 g/mol. The van der Waals surface area contributed by atoms with E-state index >= 15 is 0 Å². The largest absolute Gasteiger partial charge is 0.383 e. The summed E-state index contributed by atoms with van der Waals surface area (Å²) in [7, 11) is 0. The maximum Gasteiger partial charge on any atom is 0.154 e. The Morgan fingerprint density at radius 1 is 1.45 bits per heavy atom. The van der Waals surface area contributed by atoms with Gasteiger partial charge in [-0.25, -0.2) is 4.98 Å². The van der Waals surface area contributed by atoms with Crippen LogP contribution in [-0.4, -0.2) is 15.0 Å². The van der Waals surface area contributed by atoms with Crippen LogP contribution >= 0.6 is 11.6 Å². The van der Waals surface area contributed by atoms with E-state index < -0.39 is 0 Å². The number of hydrogen-bond acceptors (Lipinski definition) is 4. The second-order valence-corrected chi connectivity index (χ2v) is 2.26. The van der Waals surface area contributed by atoms with Gasteiger partial charge in [-0.1, -0.05) is 11.6 Å². The highest BCUT2D eigenvalue weighted by Crippen LogP contribution is 2.13. The molecular weight excluding hydrogens is 166 g/mol. The lowest BCUT2D eigenvalue weighted by Crippen LogP contribution is -1.94. The predicted octanol–water partition coefficient (Wildman–Crippen LogP) is 0.218. The van der Waals surface area contributed by atoms with Gasteiger partial charge in [0, 0.05) is 11.2 Å². The highest BCUT2D eigenvalue weighted by molar-refractivity contribution is 6.28. The quantitative estimate of drug-likeness (QED) is 0.570. The van der Waals surface area contributed by atoms with Crippen molar-refractivity contribution in [2.75, 3.05) is 5.73 Å². The topological polar surface area (TPSA) is 78.8 Å². The second kappa shape index (κ2) is 2.06. The smallest absolute Gasteiger partial charge is 0.154 e. The van der Waals surface area contributed by atoms with Crippen LogP contribution in [0.2, 0.25) is 5.28 Å². The molecule has 56 valence electrons. The molecule has 0 amide bonds. The highest BCUT2D eigenvalue weighted by atomic mass is 35.5. The Kier molecular flexibility index (Phi) is 1.19. The Balaban J connectivity index is 2.91. The molecule has 0 spiro atoms. The van der Waals surface area contributed by atoms with Gasteiger partial charge in [-0.3, -0.25) is 0 Å². The zero-order valence-electron chi connectivity index (χ0n) is 5.32. The van der Waals surface area contributed by atoms with E-state index in [1.165, 1.54) is 6.33 Å². The van der Waals surface area contributed by atoms with E-state index in [0.717, 1.165) is 0 Å². The summed E-state index contributed by atoms with van der Waals surface area (Å²) in [5.74, 6) is 0.262. The van der Waals surface area contributed by atoms with E-state index in [9.17, 15) is 0 Å². The van der Waals surface area contributed by atoms with Crippen LogP contribution in [0.4, 0.5) is 5.82 Å². The molecule has 2 N–H and O–H groups in total. The van der Waals surface area contributed by atoms with Crippen molar-refractivity contribution < 1.29 is 0 Å². The van der Waals surface area contributed by atoms with Gasteiger partial charge in [0.15, 0.2) is 5.28 Å². The molecule has 0 saturated heterocycles. The molecule has 2 heterocycles. The molecule has 0 atom stereocenters. The fourth-order valence-electron chi connectivity index (χ4n) is 0.787. The molecule has 0 aromatic carbocycles. The zero-order valence-corrected chi connectivity index (χ0v) is 6.08. The Morgan fingerprint density at radius 2 is 2.27 bits per heavy atom. The molecule has 0 aliphatic carbocycles. The first-order valence-electron chi connectivity index (χ1n) is 2.84. The summed E-state index contributed by atoms with van der Waals surface area (Å²) in [5, 5.41) is 0.0931. The molecule has 0 unspecified atom stereocenters. The number of imidazole rings is 1. The van der Waals surface area contributed by atoms with Crippen molar-refractivity contribution in [2.45, 2.75) is 0 Å². The molecule has 0 aliphatic rings. The van der Waals surface area contributed by atoms with Crippen molar-refractivity contribution in [3.8, 4) is 0 Å². The highest BCUT2D eigenvalue weighted by Gasteiger charge is 1.96. The molecule has 0 saturated carbocycles. The maximum absolute atomic E-state index is 5.51. The molecule has 0 fully saturated rings. The van der Waals surface area contributed by atoms with Crippen LogP contribution in [0.25, 0.3) is 11.2 Å². The number of nitrogens with two attached hydrogens (primary N) is 1. The van der Waals surface area contributed by atoms with Gasteiger partial charge < -0.3 is 20.7 Å². The minimum absolute atomic E-state index is 0.0931. The summed E-state index contributed by atoms with van der Waals surface area (Å²) < 4.78 is 0.